The molecule has 2 heterocycles. The molecule has 4 nitrogen and oxygen atoms in total. The van der Waals surface area contributed by atoms with Gasteiger partial charge in [-0.25, -0.2) is 0 Å². The van der Waals surface area contributed by atoms with Crippen LogP contribution in [0.3, 0.4) is 0 Å². The molecule has 2 atom stereocenters. The molecule has 4 heteroatoms. The van der Waals surface area contributed by atoms with Crippen molar-refractivity contribution in [2.45, 2.75) is 50.7 Å². The Kier molecular flexibility index (Phi) is 5.68. The highest BCUT2D eigenvalue weighted by Gasteiger charge is 2.28. The van der Waals surface area contributed by atoms with Gasteiger partial charge in [0, 0.05) is 32.1 Å². The predicted molar refractivity (Wildman–Crippen MR) is 91.2 cm³/mol. The third kappa shape index (κ3) is 4.55. The highest BCUT2D eigenvalue weighted by molar-refractivity contribution is 5.78. The molecule has 2 aliphatic heterocycles. The quantitative estimate of drug-likeness (QED) is 0.837. The van der Waals surface area contributed by atoms with Gasteiger partial charge in [0.05, 0.1) is 6.10 Å². The van der Waals surface area contributed by atoms with E-state index in [-0.39, 0.29) is 5.91 Å². The third-order valence-corrected chi connectivity index (χ3v) is 5.16. The van der Waals surface area contributed by atoms with Crippen molar-refractivity contribution in [1.82, 2.24) is 9.80 Å². The zero-order valence-corrected chi connectivity index (χ0v) is 13.9. The second-order valence-electron chi connectivity index (χ2n) is 6.91. The maximum absolute atomic E-state index is 11.7. The summed E-state index contributed by atoms with van der Waals surface area (Å²) in [6, 6.07) is 11.2. The van der Waals surface area contributed by atoms with Gasteiger partial charge in [-0.05, 0) is 44.2 Å². The van der Waals surface area contributed by atoms with Crippen molar-refractivity contribution in [3.63, 3.8) is 0 Å². The Morgan fingerprint density at radius 1 is 1.13 bits per heavy atom. The van der Waals surface area contributed by atoms with Crippen molar-refractivity contribution in [3.8, 4) is 0 Å². The van der Waals surface area contributed by atoms with Crippen LogP contribution in [-0.4, -0.2) is 59.1 Å². The first-order valence-electron chi connectivity index (χ1n) is 8.96. The number of rotatable bonds is 7. The Hall–Kier alpha value is -1.39. The topological polar surface area (TPSA) is 43.8 Å². The predicted octanol–water partition coefficient (Wildman–Crippen LogP) is 2.07. The van der Waals surface area contributed by atoms with Gasteiger partial charge >= 0.3 is 0 Å². The molecule has 2 unspecified atom stereocenters. The summed E-state index contributed by atoms with van der Waals surface area (Å²) >= 11 is 0. The average Bonchev–Trinajstić information content (AvgIpc) is 3.16. The number of benzene rings is 1. The summed E-state index contributed by atoms with van der Waals surface area (Å²) < 4.78 is 0. The molecule has 0 bridgehead atoms. The Labute approximate surface area is 139 Å². The third-order valence-electron chi connectivity index (χ3n) is 5.16. The Balaban J connectivity index is 1.45. The molecule has 1 aromatic carbocycles. The van der Waals surface area contributed by atoms with Gasteiger partial charge in [-0.3, -0.25) is 9.69 Å². The van der Waals surface area contributed by atoms with E-state index in [1.54, 1.807) is 0 Å². The highest BCUT2D eigenvalue weighted by Crippen LogP contribution is 2.22. The first-order chi connectivity index (χ1) is 11.2. The SMILES string of the molecule is O=C1CCCN1CC(O)CN1CCCC1CCc1ccccc1. The Morgan fingerprint density at radius 2 is 1.96 bits per heavy atom. The number of aliphatic hydroxyl groups excluding tert-OH is 1. The zero-order valence-electron chi connectivity index (χ0n) is 13.9. The largest absolute Gasteiger partial charge is 0.390 e. The van der Waals surface area contributed by atoms with Gasteiger partial charge in [0.1, 0.15) is 0 Å². The lowest BCUT2D eigenvalue weighted by atomic mass is 10.0. The smallest absolute Gasteiger partial charge is 0.222 e. The normalized spacial score (nSPS) is 23.6. The maximum Gasteiger partial charge on any atom is 0.222 e. The van der Waals surface area contributed by atoms with Gasteiger partial charge < -0.3 is 10.0 Å². The lowest BCUT2D eigenvalue weighted by molar-refractivity contribution is -0.129. The van der Waals surface area contributed by atoms with Crippen LogP contribution in [0.25, 0.3) is 0 Å². The fourth-order valence-electron chi connectivity index (χ4n) is 3.92. The van der Waals surface area contributed by atoms with Crippen LogP contribution < -0.4 is 0 Å². The molecule has 23 heavy (non-hydrogen) atoms. The van der Waals surface area contributed by atoms with E-state index in [0.717, 1.165) is 32.4 Å². The fourth-order valence-corrected chi connectivity index (χ4v) is 3.92. The highest BCUT2D eigenvalue weighted by atomic mass is 16.3. The Bertz CT molecular complexity index is 505. The van der Waals surface area contributed by atoms with Gasteiger partial charge in [0.2, 0.25) is 5.91 Å². The molecule has 2 fully saturated rings. The number of carbonyl (C=O) groups excluding carboxylic acids is 1. The van der Waals surface area contributed by atoms with Crippen LogP contribution in [0.2, 0.25) is 0 Å². The molecule has 0 spiro atoms. The van der Waals surface area contributed by atoms with E-state index in [9.17, 15) is 9.90 Å². The standard InChI is InChI=1S/C19H28N2O2/c22-18(15-21-13-5-9-19(21)23)14-20-12-4-8-17(20)11-10-16-6-2-1-3-7-16/h1-3,6-7,17-18,22H,4-5,8-15H2. The molecule has 1 aromatic rings. The molecule has 2 aliphatic rings. The molecule has 0 aliphatic carbocycles. The summed E-state index contributed by atoms with van der Waals surface area (Å²) in [5.74, 6) is 0.200. The van der Waals surface area contributed by atoms with Crippen molar-refractivity contribution < 1.29 is 9.90 Å². The number of aryl methyl sites for hydroxylation is 1. The summed E-state index contributed by atoms with van der Waals surface area (Å²) in [5, 5.41) is 10.4. The summed E-state index contributed by atoms with van der Waals surface area (Å²) in [5.41, 5.74) is 1.39. The van der Waals surface area contributed by atoms with Crippen molar-refractivity contribution >= 4 is 5.91 Å². The second kappa shape index (κ2) is 7.93. The van der Waals surface area contributed by atoms with E-state index >= 15 is 0 Å². The second-order valence-corrected chi connectivity index (χ2v) is 6.91. The van der Waals surface area contributed by atoms with Crippen LogP contribution in [0, 0.1) is 0 Å². The monoisotopic (exact) mass is 316 g/mol. The summed E-state index contributed by atoms with van der Waals surface area (Å²) in [6.45, 7) is 3.09. The van der Waals surface area contributed by atoms with E-state index < -0.39 is 6.10 Å². The minimum Gasteiger partial charge on any atom is -0.390 e. The molecular formula is C19H28N2O2. The number of carbonyl (C=O) groups is 1. The summed E-state index contributed by atoms with van der Waals surface area (Å²) in [6.07, 6.45) is 5.86. The lowest BCUT2D eigenvalue weighted by Gasteiger charge is -2.28. The average molecular weight is 316 g/mol. The minimum absolute atomic E-state index is 0.200. The minimum atomic E-state index is -0.422. The number of nitrogens with zero attached hydrogens (tertiary/aromatic N) is 2. The van der Waals surface area contributed by atoms with E-state index in [4.69, 9.17) is 0 Å². The number of likely N-dealkylation sites (tertiary alicyclic amines) is 2. The first-order valence-corrected chi connectivity index (χ1v) is 8.96. The number of hydrogen-bond acceptors (Lipinski definition) is 3. The molecule has 1 amide bonds. The van der Waals surface area contributed by atoms with Gasteiger partial charge in [0.25, 0.3) is 0 Å². The molecule has 126 valence electrons. The lowest BCUT2D eigenvalue weighted by Crippen LogP contribution is -2.42. The van der Waals surface area contributed by atoms with E-state index in [1.807, 2.05) is 4.90 Å². The molecule has 0 radical (unpaired) electrons. The summed E-state index contributed by atoms with van der Waals surface area (Å²) in [7, 11) is 0. The zero-order chi connectivity index (χ0) is 16.1. The summed E-state index contributed by atoms with van der Waals surface area (Å²) in [4.78, 5) is 15.9. The van der Waals surface area contributed by atoms with Crippen LogP contribution in [-0.2, 0) is 11.2 Å². The molecule has 1 N–H and O–H groups in total. The van der Waals surface area contributed by atoms with Crippen molar-refractivity contribution in [2.24, 2.45) is 0 Å². The van der Waals surface area contributed by atoms with Gasteiger partial charge in [-0.15, -0.1) is 0 Å². The van der Waals surface area contributed by atoms with Crippen LogP contribution >= 0.6 is 0 Å². The molecule has 3 rings (SSSR count). The van der Waals surface area contributed by atoms with Crippen LogP contribution in [0.4, 0.5) is 0 Å². The van der Waals surface area contributed by atoms with Gasteiger partial charge in [-0.1, -0.05) is 30.3 Å². The van der Waals surface area contributed by atoms with Crippen molar-refractivity contribution in [2.75, 3.05) is 26.2 Å². The number of β-amino-alcohol motifs (C(OH)–C–C–N with tert-alkyl or cyclic N) is 1. The first kappa shape index (κ1) is 16.5. The maximum atomic E-state index is 11.7. The molecule has 0 saturated carbocycles. The van der Waals surface area contributed by atoms with Crippen LogP contribution in [0.1, 0.15) is 37.7 Å². The number of hydrogen-bond donors (Lipinski definition) is 1. The van der Waals surface area contributed by atoms with E-state index in [2.05, 4.69) is 35.2 Å². The van der Waals surface area contributed by atoms with Crippen LogP contribution in [0.5, 0.6) is 0 Å². The van der Waals surface area contributed by atoms with Crippen molar-refractivity contribution in [3.05, 3.63) is 35.9 Å². The fraction of sp³-hybridized carbons (Fsp3) is 0.632. The van der Waals surface area contributed by atoms with E-state index in [1.165, 1.54) is 18.4 Å². The molecule has 2 saturated heterocycles. The number of aliphatic hydroxyl groups is 1. The van der Waals surface area contributed by atoms with E-state index in [0.29, 0.717) is 25.6 Å². The van der Waals surface area contributed by atoms with Crippen molar-refractivity contribution in [1.29, 1.82) is 0 Å². The van der Waals surface area contributed by atoms with Gasteiger partial charge in [-0.2, -0.15) is 0 Å². The Morgan fingerprint density at radius 3 is 2.70 bits per heavy atom. The van der Waals surface area contributed by atoms with Gasteiger partial charge in [0.15, 0.2) is 0 Å². The van der Waals surface area contributed by atoms with Crippen LogP contribution in [0.15, 0.2) is 30.3 Å². The molecule has 0 aromatic heterocycles. The molecular weight excluding hydrogens is 288 g/mol. The number of amides is 1.